The standard InChI is InChI=1S/C6H6O.ClH/c7-6-4-2-1-3-5-6;/h1-5,7H;1H/p-1. The third kappa shape index (κ3) is 1.85. The number of phenols is 1. The summed E-state index contributed by atoms with van der Waals surface area (Å²) >= 11 is 0. The number of halogens is 1. The Hall–Kier alpha value is -0.690. The monoisotopic (exact) mass is 129 g/mol. The molecule has 0 aliphatic heterocycles. The maximum absolute atomic E-state index is 8.63. The molecule has 0 amide bonds. The number of benzene rings is 1. The molecule has 44 valence electrons. The number of phenolic OH excluding ortho intramolecular Hbond substituents is 1. The fourth-order valence-electron chi connectivity index (χ4n) is 0.428. The minimum Gasteiger partial charge on any atom is -1.00 e. The van der Waals surface area contributed by atoms with Crippen molar-refractivity contribution in [1.29, 1.82) is 0 Å². The van der Waals surface area contributed by atoms with Crippen LogP contribution in [0.2, 0.25) is 0 Å². The summed E-state index contributed by atoms with van der Waals surface area (Å²) in [4.78, 5) is 0. The van der Waals surface area contributed by atoms with Crippen LogP contribution in [-0.4, -0.2) is 5.11 Å². The fraction of sp³-hybridized carbons (Fsp3) is 0. The van der Waals surface area contributed by atoms with Gasteiger partial charge in [0.15, 0.2) is 0 Å². The van der Waals surface area contributed by atoms with Crippen LogP contribution in [0.1, 0.15) is 0 Å². The van der Waals surface area contributed by atoms with Gasteiger partial charge in [-0.25, -0.2) is 0 Å². The summed E-state index contributed by atoms with van der Waals surface area (Å²) in [5.41, 5.74) is 0. The molecule has 0 aromatic heterocycles. The van der Waals surface area contributed by atoms with Crippen LogP contribution >= 0.6 is 0 Å². The Bertz CT molecular complexity index is 138. The normalized spacial score (nSPS) is 7.50. The van der Waals surface area contributed by atoms with E-state index in [1.165, 1.54) is 0 Å². The lowest BCUT2D eigenvalue weighted by atomic mass is 10.3. The lowest BCUT2D eigenvalue weighted by molar-refractivity contribution is -0.00000247. The van der Waals surface area contributed by atoms with E-state index in [0.29, 0.717) is 5.75 Å². The summed E-state index contributed by atoms with van der Waals surface area (Å²) < 4.78 is 0. The molecule has 1 aromatic rings. The second kappa shape index (κ2) is 3.33. The number of hydrogen-bond acceptors (Lipinski definition) is 1. The van der Waals surface area contributed by atoms with E-state index in [1.807, 2.05) is 6.07 Å². The first kappa shape index (κ1) is 7.31. The van der Waals surface area contributed by atoms with Gasteiger partial charge in [0.25, 0.3) is 0 Å². The van der Waals surface area contributed by atoms with Gasteiger partial charge in [-0.3, -0.25) is 0 Å². The quantitative estimate of drug-likeness (QED) is 0.447. The zero-order valence-corrected chi connectivity index (χ0v) is 4.97. The van der Waals surface area contributed by atoms with Crippen LogP contribution in [0.5, 0.6) is 5.75 Å². The molecule has 0 aliphatic carbocycles. The number of aromatic hydroxyl groups is 1. The summed E-state index contributed by atoms with van der Waals surface area (Å²) in [5.74, 6) is 0.322. The van der Waals surface area contributed by atoms with E-state index in [4.69, 9.17) is 5.11 Å². The molecule has 1 aromatic carbocycles. The SMILES string of the molecule is Oc1ccccc1.[Cl-]. The highest BCUT2D eigenvalue weighted by molar-refractivity contribution is 5.18. The van der Waals surface area contributed by atoms with Crippen molar-refractivity contribution in [1.82, 2.24) is 0 Å². The van der Waals surface area contributed by atoms with E-state index in [0.717, 1.165) is 0 Å². The van der Waals surface area contributed by atoms with Gasteiger partial charge in [0.05, 0.1) is 0 Å². The van der Waals surface area contributed by atoms with Crippen LogP contribution in [0.15, 0.2) is 30.3 Å². The van der Waals surface area contributed by atoms with E-state index in [2.05, 4.69) is 0 Å². The Kier molecular flexibility index (Phi) is 3.04. The molecule has 0 saturated heterocycles. The van der Waals surface area contributed by atoms with Gasteiger partial charge in [-0.2, -0.15) is 0 Å². The molecular formula is C6H6ClO-. The molecule has 1 nitrogen and oxygen atoms in total. The maximum Gasteiger partial charge on any atom is 0.115 e. The van der Waals surface area contributed by atoms with Crippen LogP contribution < -0.4 is 12.4 Å². The molecule has 1 rings (SSSR count). The van der Waals surface area contributed by atoms with Gasteiger partial charge in [-0.1, -0.05) is 18.2 Å². The largest absolute Gasteiger partial charge is 1.00 e. The first-order chi connectivity index (χ1) is 3.39. The van der Waals surface area contributed by atoms with E-state index < -0.39 is 0 Å². The van der Waals surface area contributed by atoms with Gasteiger partial charge in [0.1, 0.15) is 5.75 Å². The van der Waals surface area contributed by atoms with Crippen molar-refractivity contribution in [2.75, 3.05) is 0 Å². The van der Waals surface area contributed by atoms with Gasteiger partial charge < -0.3 is 17.5 Å². The molecule has 2 heteroatoms. The lowest BCUT2D eigenvalue weighted by Crippen LogP contribution is -3.00. The smallest absolute Gasteiger partial charge is 0.115 e. The first-order valence-electron chi connectivity index (χ1n) is 2.13. The highest BCUT2D eigenvalue weighted by atomic mass is 35.5. The first-order valence-corrected chi connectivity index (χ1v) is 2.13. The highest BCUT2D eigenvalue weighted by Crippen LogP contribution is 2.02. The van der Waals surface area contributed by atoms with Crippen molar-refractivity contribution in [2.45, 2.75) is 0 Å². The number of hydrogen-bond donors (Lipinski definition) is 1. The summed E-state index contributed by atoms with van der Waals surface area (Å²) in [6.45, 7) is 0. The second-order valence-electron chi connectivity index (χ2n) is 1.34. The average Bonchev–Trinajstić information content (AvgIpc) is 1.69. The van der Waals surface area contributed by atoms with Crippen molar-refractivity contribution in [2.24, 2.45) is 0 Å². The lowest BCUT2D eigenvalue weighted by Gasteiger charge is -1.82. The topological polar surface area (TPSA) is 20.2 Å². The van der Waals surface area contributed by atoms with Crippen molar-refractivity contribution < 1.29 is 17.5 Å². The van der Waals surface area contributed by atoms with Crippen LogP contribution in [0, 0.1) is 0 Å². The molecule has 0 saturated carbocycles. The summed E-state index contributed by atoms with van der Waals surface area (Å²) in [5, 5.41) is 8.63. The van der Waals surface area contributed by atoms with E-state index >= 15 is 0 Å². The Labute approximate surface area is 54.4 Å². The molecule has 0 aliphatic rings. The van der Waals surface area contributed by atoms with Gasteiger partial charge in [-0.15, -0.1) is 0 Å². The van der Waals surface area contributed by atoms with E-state index in [-0.39, 0.29) is 12.4 Å². The number of rotatable bonds is 0. The zero-order chi connectivity index (χ0) is 5.11. The van der Waals surface area contributed by atoms with Gasteiger partial charge in [0, 0.05) is 0 Å². The van der Waals surface area contributed by atoms with Crippen LogP contribution in [-0.2, 0) is 0 Å². The van der Waals surface area contributed by atoms with Gasteiger partial charge in [-0.05, 0) is 12.1 Å². The van der Waals surface area contributed by atoms with Gasteiger partial charge >= 0.3 is 0 Å². The summed E-state index contributed by atoms with van der Waals surface area (Å²) in [7, 11) is 0. The minimum atomic E-state index is 0. The van der Waals surface area contributed by atoms with Crippen LogP contribution in [0.3, 0.4) is 0 Å². The van der Waals surface area contributed by atoms with Crippen molar-refractivity contribution in [3.63, 3.8) is 0 Å². The van der Waals surface area contributed by atoms with E-state index in [1.54, 1.807) is 24.3 Å². The fourth-order valence-corrected chi connectivity index (χ4v) is 0.428. The number of para-hydroxylation sites is 1. The Morgan fingerprint density at radius 3 is 1.75 bits per heavy atom. The Morgan fingerprint density at radius 2 is 1.50 bits per heavy atom. The maximum atomic E-state index is 8.63. The molecule has 0 bridgehead atoms. The summed E-state index contributed by atoms with van der Waals surface area (Å²) in [6, 6.07) is 8.71. The van der Waals surface area contributed by atoms with Crippen molar-refractivity contribution in [3.05, 3.63) is 30.3 Å². The molecule has 0 fully saturated rings. The van der Waals surface area contributed by atoms with E-state index in [9.17, 15) is 0 Å². The molecule has 1 N–H and O–H groups in total. The van der Waals surface area contributed by atoms with Crippen LogP contribution in [0.4, 0.5) is 0 Å². The summed E-state index contributed by atoms with van der Waals surface area (Å²) in [6.07, 6.45) is 0. The molecule has 0 spiro atoms. The Morgan fingerprint density at radius 1 is 1.00 bits per heavy atom. The molecule has 0 atom stereocenters. The average molecular weight is 130 g/mol. The molecular weight excluding hydrogens is 124 g/mol. The molecule has 0 heterocycles. The van der Waals surface area contributed by atoms with Crippen molar-refractivity contribution in [3.8, 4) is 5.75 Å². The predicted molar refractivity (Wildman–Crippen MR) is 28.1 cm³/mol. The molecule has 0 unspecified atom stereocenters. The third-order valence-corrected chi connectivity index (χ3v) is 0.756. The zero-order valence-electron chi connectivity index (χ0n) is 4.21. The molecule has 0 radical (unpaired) electrons. The third-order valence-electron chi connectivity index (χ3n) is 0.756. The minimum absolute atomic E-state index is 0. The van der Waals surface area contributed by atoms with Gasteiger partial charge in [0.2, 0.25) is 0 Å². The van der Waals surface area contributed by atoms with Crippen LogP contribution in [0.25, 0.3) is 0 Å². The second-order valence-corrected chi connectivity index (χ2v) is 1.34. The molecule has 8 heavy (non-hydrogen) atoms. The predicted octanol–water partition coefficient (Wildman–Crippen LogP) is -1.60. The Balaban J connectivity index is 0.000000490. The highest BCUT2D eigenvalue weighted by Gasteiger charge is 1.74. The van der Waals surface area contributed by atoms with Crippen molar-refractivity contribution >= 4 is 0 Å².